The van der Waals surface area contributed by atoms with E-state index in [1.807, 2.05) is 6.07 Å². The van der Waals surface area contributed by atoms with E-state index in [2.05, 4.69) is 222 Å². The molecule has 0 aliphatic rings. The van der Waals surface area contributed by atoms with Crippen molar-refractivity contribution in [1.82, 2.24) is 4.57 Å². The Morgan fingerprint density at radius 2 is 0.965 bits per heavy atom. The fraction of sp³-hybridized carbons (Fsp3) is 0. The average Bonchev–Trinajstić information content (AvgIpc) is 3.83. The molecular weight excluding hydrogens is 693 g/mol. The Kier molecular flexibility index (Phi) is 7.82. The van der Waals surface area contributed by atoms with Crippen LogP contribution in [0.25, 0.3) is 82.8 Å². The first-order valence-electron chi connectivity index (χ1n) is 19.4. The van der Waals surface area contributed by atoms with Crippen LogP contribution in [0, 0.1) is 0 Å². The Labute approximate surface area is 330 Å². The summed E-state index contributed by atoms with van der Waals surface area (Å²) in [6.45, 7) is 0. The van der Waals surface area contributed by atoms with Crippen molar-refractivity contribution in [3.63, 3.8) is 0 Å². The second-order valence-electron chi connectivity index (χ2n) is 14.5. The summed E-state index contributed by atoms with van der Waals surface area (Å²) in [5.41, 5.74) is 15.3. The van der Waals surface area contributed by atoms with Crippen LogP contribution < -0.4 is 4.90 Å². The van der Waals surface area contributed by atoms with Gasteiger partial charge in [0.1, 0.15) is 11.2 Å². The van der Waals surface area contributed by atoms with Gasteiger partial charge in [-0.3, -0.25) is 0 Å². The number of anilines is 3. The van der Waals surface area contributed by atoms with Gasteiger partial charge in [-0.1, -0.05) is 164 Å². The summed E-state index contributed by atoms with van der Waals surface area (Å²) in [5.74, 6) is 0. The first kappa shape index (κ1) is 32.8. The normalized spacial score (nSPS) is 11.5. The van der Waals surface area contributed by atoms with E-state index in [0.29, 0.717) is 0 Å². The van der Waals surface area contributed by atoms with Gasteiger partial charge in [-0.15, -0.1) is 0 Å². The lowest BCUT2D eigenvalue weighted by molar-refractivity contribution is 0.670. The van der Waals surface area contributed by atoms with Crippen LogP contribution in [0.3, 0.4) is 0 Å². The third-order valence-electron chi connectivity index (χ3n) is 11.2. The zero-order chi connectivity index (χ0) is 37.7. The van der Waals surface area contributed by atoms with Crippen LogP contribution in [-0.4, -0.2) is 4.57 Å². The number of hydrogen-bond donors (Lipinski definition) is 0. The minimum atomic E-state index is 0.898. The topological polar surface area (TPSA) is 21.3 Å². The van der Waals surface area contributed by atoms with Crippen molar-refractivity contribution in [3.05, 3.63) is 218 Å². The molecule has 2 aromatic heterocycles. The number of rotatable bonds is 7. The second kappa shape index (κ2) is 13.6. The third-order valence-corrected chi connectivity index (χ3v) is 11.2. The van der Waals surface area contributed by atoms with E-state index in [1.165, 1.54) is 21.9 Å². The molecule has 3 nitrogen and oxygen atoms in total. The van der Waals surface area contributed by atoms with E-state index >= 15 is 0 Å². The van der Waals surface area contributed by atoms with Gasteiger partial charge in [0, 0.05) is 49.7 Å². The van der Waals surface area contributed by atoms with Gasteiger partial charge < -0.3 is 13.9 Å². The zero-order valence-corrected chi connectivity index (χ0v) is 31.1. The van der Waals surface area contributed by atoms with Crippen molar-refractivity contribution >= 4 is 60.8 Å². The number of nitrogens with zero attached hydrogens (tertiary/aromatic N) is 2. The predicted molar refractivity (Wildman–Crippen MR) is 239 cm³/mol. The van der Waals surface area contributed by atoms with Crippen LogP contribution in [0.5, 0.6) is 0 Å². The lowest BCUT2D eigenvalue weighted by Crippen LogP contribution is -2.11. The van der Waals surface area contributed by atoms with Crippen LogP contribution in [-0.2, 0) is 0 Å². The van der Waals surface area contributed by atoms with Crippen LogP contribution >= 0.6 is 0 Å². The molecule has 0 spiro atoms. The number of furan rings is 1. The highest BCUT2D eigenvalue weighted by Gasteiger charge is 2.21. The second-order valence-corrected chi connectivity index (χ2v) is 14.5. The van der Waals surface area contributed by atoms with E-state index in [4.69, 9.17) is 4.42 Å². The van der Waals surface area contributed by atoms with Crippen molar-refractivity contribution in [2.24, 2.45) is 0 Å². The quantitative estimate of drug-likeness (QED) is 0.163. The minimum absolute atomic E-state index is 0.898. The molecule has 0 N–H and O–H groups in total. The standard InChI is InChI=1S/C54H36N2O/c1-4-17-37(18-5-1)42-23-10-13-28-50(42)55(39-21-8-3-9-22-39)41-32-34-45-44-24-11-14-29-51(44)56(52(45)36-41)40-31-33-43(49(35-40)38-19-6-2-7-20-38)47-26-16-27-48-46-25-12-15-30-53(46)57-54(47)48/h1-36H. The molecule has 0 unspecified atom stereocenters. The Bertz CT molecular complexity index is 3230. The summed E-state index contributed by atoms with van der Waals surface area (Å²) in [6, 6.07) is 78.1. The first-order chi connectivity index (χ1) is 28.3. The van der Waals surface area contributed by atoms with E-state index in [-0.39, 0.29) is 0 Å². The van der Waals surface area contributed by atoms with Crippen molar-refractivity contribution < 1.29 is 4.42 Å². The smallest absolute Gasteiger partial charge is 0.143 e. The molecule has 11 rings (SSSR count). The maximum atomic E-state index is 6.58. The summed E-state index contributed by atoms with van der Waals surface area (Å²) in [5, 5.41) is 4.67. The Morgan fingerprint density at radius 1 is 0.351 bits per heavy atom. The van der Waals surface area contributed by atoms with Gasteiger partial charge in [0.15, 0.2) is 0 Å². The SMILES string of the molecule is c1ccc(-c2cc(-n3c4ccccc4c4ccc(N(c5ccccc5)c5ccccc5-c5ccccc5)cc43)ccc2-c2cccc3c2oc2ccccc23)cc1. The molecule has 9 aromatic carbocycles. The molecule has 0 atom stereocenters. The molecule has 3 heteroatoms. The van der Waals surface area contributed by atoms with Gasteiger partial charge >= 0.3 is 0 Å². The molecule has 0 amide bonds. The van der Waals surface area contributed by atoms with Crippen molar-refractivity contribution in [2.75, 3.05) is 4.90 Å². The molecule has 0 saturated carbocycles. The molecule has 268 valence electrons. The van der Waals surface area contributed by atoms with Crippen LogP contribution in [0.2, 0.25) is 0 Å². The van der Waals surface area contributed by atoms with Crippen LogP contribution in [0.1, 0.15) is 0 Å². The highest BCUT2D eigenvalue weighted by atomic mass is 16.3. The van der Waals surface area contributed by atoms with E-state index < -0.39 is 0 Å². The van der Waals surface area contributed by atoms with E-state index in [1.54, 1.807) is 0 Å². The Morgan fingerprint density at radius 3 is 1.77 bits per heavy atom. The zero-order valence-electron chi connectivity index (χ0n) is 31.1. The molecule has 2 heterocycles. The van der Waals surface area contributed by atoms with Crippen LogP contribution in [0.4, 0.5) is 17.1 Å². The molecule has 0 saturated heterocycles. The van der Waals surface area contributed by atoms with Crippen molar-refractivity contribution in [2.45, 2.75) is 0 Å². The van der Waals surface area contributed by atoms with Gasteiger partial charge in [-0.2, -0.15) is 0 Å². The summed E-state index contributed by atoms with van der Waals surface area (Å²) in [4.78, 5) is 2.39. The maximum Gasteiger partial charge on any atom is 0.143 e. The summed E-state index contributed by atoms with van der Waals surface area (Å²) < 4.78 is 9.01. The summed E-state index contributed by atoms with van der Waals surface area (Å²) >= 11 is 0. The summed E-state index contributed by atoms with van der Waals surface area (Å²) in [7, 11) is 0. The lowest BCUT2D eigenvalue weighted by Gasteiger charge is -2.28. The van der Waals surface area contributed by atoms with Gasteiger partial charge in [-0.25, -0.2) is 0 Å². The van der Waals surface area contributed by atoms with Gasteiger partial charge in [-0.05, 0) is 76.9 Å². The number of benzene rings is 9. The Balaban J connectivity index is 1.15. The maximum absolute atomic E-state index is 6.58. The third kappa shape index (κ3) is 5.51. The average molecular weight is 729 g/mol. The van der Waals surface area contributed by atoms with Crippen molar-refractivity contribution in [3.8, 4) is 39.1 Å². The fourth-order valence-electron chi connectivity index (χ4n) is 8.63. The molecule has 0 aliphatic heterocycles. The number of fused-ring (bicyclic) bond motifs is 6. The lowest BCUT2D eigenvalue weighted by atomic mass is 9.93. The molecule has 0 fully saturated rings. The largest absolute Gasteiger partial charge is 0.455 e. The predicted octanol–water partition coefficient (Wildman–Crippen LogP) is 15.2. The fourth-order valence-corrected chi connectivity index (χ4v) is 8.63. The highest BCUT2D eigenvalue weighted by Crippen LogP contribution is 2.45. The molecule has 0 aliphatic carbocycles. The number of para-hydroxylation sites is 5. The van der Waals surface area contributed by atoms with Gasteiger partial charge in [0.2, 0.25) is 0 Å². The van der Waals surface area contributed by atoms with E-state index in [0.717, 1.165) is 78.0 Å². The first-order valence-corrected chi connectivity index (χ1v) is 19.4. The summed E-state index contributed by atoms with van der Waals surface area (Å²) in [6.07, 6.45) is 0. The Hall–Kier alpha value is -7.62. The molecule has 11 aromatic rings. The molecule has 0 radical (unpaired) electrons. The minimum Gasteiger partial charge on any atom is -0.455 e. The molecule has 57 heavy (non-hydrogen) atoms. The number of aromatic nitrogens is 1. The van der Waals surface area contributed by atoms with Crippen molar-refractivity contribution in [1.29, 1.82) is 0 Å². The van der Waals surface area contributed by atoms with E-state index in [9.17, 15) is 0 Å². The molecule has 0 bridgehead atoms. The van der Waals surface area contributed by atoms with Gasteiger partial charge in [0.25, 0.3) is 0 Å². The van der Waals surface area contributed by atoms with Crippen LogP contribution in [0.15, 0.2) is 223 Å². The number of hydrogen-bond acceptors (Lipinski definition) is 2. The highest BCUT2D eigenvalue weighted by molar-refractivity contribution is 6.12. The molecular formula is C54H36N2O. The monoisotopic (exact) mass is 728 g/mol. The van der Waals surface area contributed by atoms with Gasteiger partial charge in [0.05, 0.1) is 16.7 Å².